The number of hydrogen-bond donors (Lipinski definition) is 1. The summed E-state index contributed by atoms with van der Waals surface area (Å²) < 4.78 is 0. The van der Waals surface area contributed by atoms with Crippen LogP contribution in [0, 0.1) is 5.92 Å². The molecule has 0 amide bonds. The van der Waals surface area contributed by atoms with E-state index in [1.54, 1.807) is 12.1 Å². The van der Waals surface area contributed by atoms with Crippen LogP contribution in [0.2, 0.25) is 5.02 Å². The van der Waals surface area contributed by atoms with Crippen LogP contribution in [0.25, 0.3) is 0 Å². The second-order valence-corrected chi connectivity index (χ2v) is 4.45. The van der Waals surface area contributed by atoms with Gasteiger partial charge in [-0.25, -0.2) is 4.79 Å². The van der Waals surface area contributed by atoms with E-state index in [0.717, 1.165) is 18.4 Å². The lowest BCUT2D eigenvalue weighted by Crippen LogP contribution is -1.98. The van der Waals surface area contributed by atoms with E-state index in [-0.39, 0.29) is 5.56 Å². The molecule has 0 aliphatic heterocycles. The lowest BCUT2D eigenvalue weighted by molar-refractivity contribution is 0.0697. The molecule has 0 atom stereocenters. The van der Waals surface area contributed by atoms with Crippen molar-refractivity contribution in [2.24, 2.45) is 5.92 Å². The number of aromatic carboxylic acids is 1. The third-order valence-electron chi connectivity index (χ3n) is 2.29. The number of carbonyl (C=O) groups is 1. The Morgan fingerprint density at radius 1 is 1.47 bits per heavy atom. The lowest BCUT2D eigenvalue weighted by atomic mass is 10.0. The van der Waals surface area contributed by atoms with Gasteiger partial charge in [-0.3, -0.25) is 0 Å². The Balaban J connectivity index is 2.79. The topological polar surface area (TPSA) is 37.3 Å². The summed E-state index contributed by atoms with van der Waals surface area (Å²) in [6.07, 6.45) is 1.96. The highest BCUT2D eigenvalue weighted by molar-refractivity contribution is 6.31. The summed E-state index contributed by atoms with van der Waals surface area (Å²) in [5.41, 5.74) is 1.27. The molecule has 0 unspecified atom stereocenters. The van der Waals surface area contributed by atoms with Crippen molar-refractivity contribution < 1.29 is 9.90 Å². The van der Waals surface area contributed by atoms with Gasteiger partial charge in [0, 0.05) is 5.02 Å². The molecule has 0 spiro atoms. The predicted molar refractivity (Wildman–Crippen MR) is 61.6 cm³/mol. The number of benzene rings is 1. The van der Waals surface area contributed by atoms with Gasteiger partial charge in [-0.2, -0.15) is 0 Å². The Bertz CT molecular complexity index is 359. The van der Waals surface area contributed by atoms with Gasteiger partial charge in [0.05, 0.1) is 5.56 Å². The second-order valence-electron chi connectivity index (χ2n) is 4.04. The summed E-state index contributed by atoms with van der Waals surface area (Å²) in [6, 6.07) is 4.91. The molecular weight excluding hydrogens is 212 g/mol. The van der Waals surface area contributed by atoms with E-state index in [2.05, 4.69) is 13.8 Å². The first-order valence-corrected chi connectivity index (χ1v) is 5.40. The van der Waals surface area contributed by atoms with E-state index in [1.807, 2.05) is 0 Å². The van der Waals surface area contributed by atoms with Gasteiger partial charge in [0.25, 0.3) is 0 Å². The SMILES string of the molecule is CC(C)CCc1ccc(C(=O)O)cc1Cl. The monoisotopic (exact) mass is 226 g/mol. The van der Waals surface area contributed by atoms with E-state index < -0.39 is 5.97 Å². The van der Waals surface area contributed by atoms with E-state index in [9.17, 15) is 4.79 Å². The average Bonchev–Trinajstić information content (AvgIpc) is 2.15. The Kier molecular flexibility index (Phi) is 4.15. The largest absolute Gasteiger partial charge is 0.478 e. The van der Waals surface area contributed by atoms with Crippen LogP contribution in [-0.2, 0) is 6.42 Å². The molecule has 0 heterocycles. The highest BCUT2D eigenvalue weighted by Gasteiger charge is 2.07. The molecule has 3 heteroatoms. The predicted octanol–water partition coefficient (Wildman–Crippen LogP) is 3.63. The zero-order valence-corrected chi connectivity index (χ0v) is 9.71. The molecule has 1 N–H and O–H groups in total. The van der Waals surface area contributed by atoms with E-state index in [4.69, 9.17) is 16.7 Å². The molecule has 82 valence electrons. The molecule has 0 saturated carbocycles. The minimum absolute atomic E-state index is 0.244. The lowest BCUT2D eigenvalue weighted by Gasteiger charge is -2.07. The minimum Gasteiger partial charge on any atom is -0.478 e. The second kappa shape index (κ2) is 5.17. The Morgan fingerprint density at radius 3 is 2.60 bits per heavy atom. The van der Waals surface area contributed by atoms with Gasteiger partial charge in [0.15, 0.2) is 0 Å². The van der Waals surface area contributed by atoms with Gasteiger partial charge in [-0.05, 0) is 36.5 Å². The van der Waals surface area contributed by atoms with Crippen LogP contribution in [-0.4, -0.2) is 11.1 Å². The highest BCUT2D eigenvalue weighted by Crippen LogP contribution is 2.20. The van der Waals surface area contributed by atoms with Crippen molar-refractivity contribution in [1.82, 2.24) is 0 Å². The number of aryl methyl sites for hydroxylation is 1. The van der Waals surface area contributed by atoms with Crippen LogP contribution < -0.4 is 0 Å². The molecule has 0 aliphatic carbocycles. The van der Waals surface area contributed by atoms with Crippen LogP contribution in [0.1, 0.15) is 36.2 Å². The van der Waals surface area contributed by atoms with Gasteiger partial charge in [0.2, 0.25) is 0 Å². The smallest absolute Gasteiger partial charge is 0.335 e. The zero-order chi connectivity index (χ0) is 11.4. The summed E-state index contributed by atoms with van der Waals surface area (Å²) in [7, 11) is 0. The summed E-state index contributed by atoms with van der Waals surface area (Å²) in [5, 5.41) is 9.31. The molecule has 0 bridgehead atoms. The first-order chi connectivity index (χ1) is 7.00. The number of carboxylic acids is 1. The van der Waals surface area contributed by atoms with Crippen LogP contribution in [0.4, 0.5) is 0 Å². The molecule has 1 rings (SSSR count). The normalized spacial score (nSPS) is 10.7. The van der Waals surface area contributed by atoms with Gasteiger partial charge in [-0.1, -0.05) is 31.5 Å². The average molecular weight is 227 g/mol. The Hall–Kier alpha value is -1.02. The van der Waals surface area contributed by atoms with Crippen molar-refractivity contribution in [2.45, 2.75) is 26.7 Å². The summed E-state index contributed by atoms with van der Waals surface area (Å²) in [5.74, 6) is -0.312. The number of carboxylic acid groups (broad SMARTS) is 1. The van der Waals surface area contributed by atoms with Crippen molar-refractivity contribution in [3.05, 3.63) is 34.3 Å². The van der Waals surface area contributed by atoms with E-state index >= 15 is 0 Å². The van der Waals surface area contributed by atoms with Crippen molar-refractivity contribution in [1.29, 1.82) is 0 Å². The molecule has 2 nitrogen and oxygen atoms in total. The zero-order valence-electron chi connectivity index (χ0n) is 8.96. The van der Waals surface area contributed by atoms with Crippen LogP contribution in [0.15, 0.2) is 18.2 Å². The highest BCUT2D eigenvalue weighted by atomic mass is 35.5. The first kappa shape index (κ1) is 12.1. The summed E-state index contributed by atoms with van der Waals surface area (Å²) >= 11 is 5.99. The Morgan fingerprint density at radius 2 is 2.13 bits per heavy atom. The van der Waals surface area contributed by atoms with Gasteiger partial charge in [0.1, 0.15) is 0 Å². The maximum atomic E-state index is 10.7. The van der Waals surface area contributed by atoms with Crippen molar-refractivity contribution in [3.63, 3.8) is 0 Å². The Labute approximate surface area is 94.9 Å². The van der Waals surface area contributed by atoms with Gasteiger partial charge < -0.3 is 5.11 Å². The molecule has 0 fully saturated rings. The maximum absolute atomic E-state index is 10.7. The molecule has 1 aromatic rings. The number of rotatable bonds is 4. The molecule has 15 heavy (non-hydrogen) atoms. The van der Waals surface area contributed by atoms with Crippen LogP contribution in [0.3, 0.4) is 0 Å². The fourth-order valence-electron chi connectivity index (χ4n) is 1.33. The van der Waals surface area contributed by atoms with E-state index in [0.29, 0.717) is 10.9 Å². The quantitative estimate of drug-likeness (QED) is 0.851. The summed E-state index contributed by atoms with van der Waals surface area (Å²) in [4.78, 5) is 10.7. The molecule has 0 aromatic heterocycles. The maximum Gasteiger partial charge on any atom is 0.335 e. The van der Waals surface area contributed by atoms with Crippen molar-refractivity contribution >= 4 is 17.6 Å². The summed E-state index contributed by atoms with van der Waals surface area (Å²) in [6.45, 7) is 4.30. The van der Waals surface area contributed by atoms with E-state index in [1.165, 1.54) is 6.07 Å². The molecule has 1 aromatic carbocycles. The third-order valence-corrected chi connectivity index (χ3v) is 2.64. The molecule has 0 radical (unpaired) electrons. The third kappa shape index (κ3) is 3.56. The first-order valence-electron chi connectivity index (χ1n) is 5.02. The van der Waals surface area contributed by atoms with Crippen LogP contribution in [0.5, 0.6) is 0 Å². The van der Waals surface area contributed by atoms with Crippen LogP contribution >= 0.6 is 11.6 Å². The molecular formula is C12H15ClO2. The fraction of sp³-hybridized carbons (Fsp3) is 0.417. The molecule has 0 aliphatic rings. The van der Waals surface area contributed by atoms with Gasteiger partial charge >= 0.3 is 5.97 Å². The standard InChI is InChI=1S/C12H15ClO2/c1-8(2)3-4-9-5-6-10(12(14)15)7-11(9)13/h5-8H,3-4H2,1-2H3,(H,14,15). The minimum atomic E-state index is -0.938. The van der Waals surface area contributed by atoms with Crippen molar-refractivity contribution in [3.8, 4) is 0 Å². The fourth-order valence-corrected chi connectivity index (χ4v) is 1.60. The number of halogens is 1. The van der Waals surface area contributed by atoms with Crippen molar-refractivity contribution in [2.75, 3.05) is 0 Å². The number of hydrogen-bond acceptors (Lipinski definition) is 1. The van der Waals surface area contributed by atoms with Gasteiger partial charge in [-0.15, -0.1) is 0 Å². The molecule has 0 saturated heterocycles.